The van der Waals surface area contributed by atoms with Gasteiger partial charge in [0.1, 0.15) is 5.82 Å². The molecule has 0 amide bonds. The fourth-order valence-corrected chi connectivity index (χ4v) is 3.43. The van der Waals surface area contributed by atoms with Gasteiger partial charge >= 0.3 is 0 Å². The molecule has 3 heterocycles. The molecule has 130 valence electrons. The molecule has 2 N–H and O–H groups in total. The average molecular weight is 342 g/mol. The van der Waals surface area contributed by atoms with Crippen molar-refractivity contribution < 1.29 is 9.13 Å². The third kappa shape index (κ3) is 3.18. The van der Waals surface area contributed by atoms with Crippen LogP contribution >= 0.6 is 0 Å². The van der Waals surface area contributed by atoms with Gasteiger partial charge in [-0.05, 0) is 24.3 Å². The van der Waals surface area contributed by atoms with E-state index in [4.69, 9.17) is 4.74 Å². The zero-order valence-electron chi connectivity index (χ0n) is 13.8. The zero-order valence-corrected chi connectivity index (χ0v) is 13.8. The summed E-state index contributed by atoms with van der Waals surface area (Å²) in [5.74, 6) is -0.0623. The van der Waals surface area contributed by atoms with E-state index in [1.807, 2.05) is 6.20 Å². The van der Waals surface area contributed by atoms with Crippen LogP contribution in [-0.2, 0) is 11.3 Å². The van der Waals surface area contributed by atoms with Gasteiger partial charge in [0.15, 0.2) is 0 Å². The van der Waals surface area contributed by atoms with E-state index >= 15 is 0 Å². The van der Waals surface area contributed by atoms with E-state index in [-0.39, 0.29) is 17.8 Å². The summed E-state index contributed by atoms with van der Waals surface area (Å²) in [5.41, 5.74) is 3.82. The van der Waals surface area contributed by atoms with Gasteiger partial charge in [0.25, 0.3) is 0 Å². The van der Waals surface area contributed by atoms with E-state index in [0.717, 1.165) is 42.1 Å². The number of likely N-dealkylation sites (tertiary alicyclic amines) is 1. The number of hydrogen-bond acceptors (Lipinski definition) is 5. The molecular weight excluding hydrogens is 323 g/mol. The summed E-state index contributed by atoms with van der Waals surface area (Å²) in [5, 5.41) is 18.0. The van der Waals surface area contributed by atoms with E-state index < -0.39 is 0 Å². The standard InChI is InChI=1S/C17H19FN6O/c1-25-16-10-24(9-14(16)15-7-20-23-21-15)8-12-6-19-22-17(12)11-2-4-13(18)5-3-11/h2-7,14,16H,8-10H2,1H3,(H,19,22)(H,20,21,23)/t14-,16+/m0/s1. The molecule has 8 heteroatoms. The van der Waals surface area contributed by atoms with Gasteiger partial charge in [-0.2, -0.15) is 20.5 Å². The van der Waals surface area contributed by atoms with Crippen molar-refractivity contribution in [3.05, 3.63) is 53.7 Å². The molecule has 3 aromatic rings. The number of benzene rings is 1. The van der Waals surface area contributed by atoms with Crippen molar-refractivity contribution >= 4 is 0 Å². The molecular formula is C17H19FN6O. The first-order chi connectivity index (χ1) is 12.2. The fourth-order valence-electron chi connectivity index (χ4n) is 3.43. The summed E-state index contributed by atoms with van der Waals surface area (Å²) in [7, 11) is 1.73. The number of nitrogens with zero attached hydrogens (tertiary/aromatic N) is 4. The normalized spacial score (nSPS) is 21.0. The maximum absolute atomic E-state index is 13.2. The van der Waals surface area contributed by atoms with Crippen molar-refractivity contribution in [1.82, 2.24) is 30.5 Å². The van der Waals surface area contributed by atoms with Crippen molar-refractivity contribution in [2.45, 2.75) is 18.6 Å². The van der Waals surface area contributed by atoms with Crippen molar-refractivity contribution in [2.75, 3.05) is 20.2 Å². The highest BCUT2D eigenvalue weighted by Gasteiger charge is 2.35. The van der Waals surface area contributed by atoms with Crippen LogP contribution in [0.5, 0.6) is 0 Å². The van der Waals surface area contributed by atoms with Crippen molar-refractivity contribution in [3.8, 4) is 11.3 Å². The second-order valence-electron chi connectivity index (χ2n) is 6.25. The molecule has 1 aliphatic rings. The number of halogens is 1. The smallest absolute Gasteiger partial charge is 0.123 e. The van der Waals surface area contributed by atoms with E-state index in [9.17, 15) is 4.39 Å². The topological polar surface area (TPSA) is 82.7 Å². The zero-order chi connectivity index (χ0) is 17.2. The number of rotatable bonds is 5. The van der Waals surface area contributed by atoms with Crippen LogP contribution in [0.1, 0.15) is 17.2 Å². The van der Waals surface area contributed by atoms with Crippen LogP contribution in [0.3, 0.4) is 0 Å². The summed E-state index contributed by atoms with van der Waals surface area (Å²) < 4.78 is 18.8. The molecule has 1 saturated heterocycles. The van der Waals surface area contributed by atoms with Gasteiger partial charge in [0, 0.05) is 43.8 Å². The van der Waals surface area contributed by atoms with Gasteiger partial charge in [-0.25, -0.2) is 4.39 Å². The number of aromatic amines is 2. The molecule has 0 saturated carbocycles. The molecule has 4 rings (SSSR count). The summed E-state index contributed by atoms with van der Waals surface area (Å²) in [6.45, 7) is 2.37. The highest BCUT2D eigenvalue weighted by molar-refractivity contribution is 5.62. The van der Waals surface area contributed by atoms with E-state index in [2.05, 4.69) is 30.5 Å². The molecule has 0 unspecified atom stereocenters. The Morgan fingerprint density at radius 1 is 1.20 bits per heavy atom. The van der Waals surface area contributed by atoms with Gasteiger partial charge in [-0.1, -0.05) is 0 Å². The first kappa shape index (κ1) is 15.9. The SMILES string of the molecule is CO[C@@H]1CN(Cc2cn[nH]c2-c2ccc(F)cc2)C[C@H]1c1cn[nH]n1. The van der Waals surface area contributed by atoms with Crippen molar-refractivity contribution in [3.63, 3.8) is 0 Å². The Morgan fingerprint density at radius 3 is 2.76 bits per heavy atom. The number of nitrogens with one attached hydrogen (secondary N) is 2. The quantitative estimate of drug-likeness (QED) is 0.740. The third-order valence-corrected chi connectivity index (χ3v) is 4.70. The number of aromatic nitrogens is 5. The number of methoxy groups -OCH3 is 1. The predicted octanol–water partition coefficient (Wildman–Crippen LogP) is 1.95. The lowest BCUT2D eigenvalue weighted by molar-refractivity contribution is 0.0957. The van der Waals surface area contributed by atoms with E-state index in [1.165, 1.54) is 12.1 Å². The molecule has 2 atom stereocenters. The van der Waals surface area contributed by atoms with E-state index in [1.54, 1.807) is 25.4 Å². The molecule has 7 nitrogen and oxygen atoms in total. The molecule has 0 aliphatic carbocycles. The molecule has 2 aromatic heterocycles. The highest BCUT2D eigenvalue weighted by atomic mass is 19.1. The average Bonchev–Trinajstić information content (AvgIpc) is 3.36. The maximum Gasteiger partial charge on any atom is 0.123 e. The number of ether oxygens (including phenoxy) is 1. The summed E-state index contributed by atoms with van der Waals surface area (Å²) in [6.07, 6.45) is 3.65. The Kier molecular flexibility index (Phi) is 4.29. The Balaban J connectivity index is 1.52. The highest BCUT2D eigenvalue weighted by Crippen LogP contribution is 2.30. The molecule has 0 bridgehead atoms. The van der Waals surface area contributed by atoms with E-state index in [0.29, 0.717) is 0 Å². The lowest BCUT2D eigenvalue weighted by Gasteiger charge is -2.15. The molecule has 25 heavy (non-hydrogen) atoms. The maximum atomic E-state index is 13.2. The molecule has 1 aliphatic heterocycles. The van der Waals surface area contributed by atoms with Crippen molar-refractivity contribution in [1.29, 1.82) is 0 Å². The Bertz CT molecular complexity index is 816. The minimum absolute atomic E-state index is 0.0753. The first-order valence-corrected chi connectivity index (χ1v) is 8.13. The van der Waals surface area contributed by atoms with Gasteiger partial charge in [-0.3, -0.25) is 10.00 Å². The second-order valence-corrected chi connectivity index (χ2v) is 6.25. The van der Waals surface area contributed by atoms with Crippen LogP contribution in [0.4, 0.5) is 4.39 Å². The lowest BCUT2D eigenvalue weighted by Crippen LogP contribution is -2.22. The predicted molar refractivity (Wildman–Crippen MR) is 89.2 cm³/mol. The second kappa shape index (κ2) is 6.73. The Hall–Kier alpha value is -2.58. The summed E-state index contributed by atoms with van der Waals surface area (Å²) in [6, 6.07) is 6.42. The minimum atomic E-state index is -0.247. The van der Waals surface area contributed by atoms with Gasteiger partial charge in [0.05, 0.1) is 29.9 Å². The number of H-pyrrole nitrogens is 2. The first-order valence-electron chi connectivity index (χ1n) is 8.13. The van der Waals surface area contributed by atoms with Crippen LogP contribution in [0.2, 0.25) is 0 Å². The van der Waals surface area contributed by atoms with Crippen LogP contribution in [0.15, 0.2) is 36.7 Å². The van der Waals surface area contributed by atoms with Crippen LogP contribution in [0, 0.1) is 5.82 Å². The molecule has 0 radical (unpaired) electrons. The fraction of sp³-hybridized carbons (Fsp3) is 0.353. The van der Waals surface area contributed by atoms with Crippen LogP contribution < -0.4 is 0 Å². The summed E-state index contributed by atoms with van der Waals surface area (Å²) in [4.78, 5) is 2.31. The lowest BCUT2D eigenvalue weighted by atomic mass is 10.0. The Labute approximate surface area is 144 Å². The molecule has 1 fully saturated rings. The van der Waals surface area contributed by atoms with Crippen molar-refractivity contribution in [2.24, 2.45) is 0 Å². The summed E-state index contributed by atoms with van der Waals surface area (Å²) >= 11 is 0. The Morgan fingerprint density at radius 2 is 2.04 bits per heavy atom. The van der Waals surface area contributed by atoms with Crippen LogP contribution in [0.25, 0.3) is 11.3 Å². The van der Waals surface area contributed by atoms with Gasteiger partial charge in [0.2, 0.25) is 0 Å². The third-order valence-electron chi connectivity index (χ3n) is 4.70. The number of hydrogen-bond donors (Lipinski definition) is 2. The van der Waals surface area contributed by atoms with Gasteiger partial charge < -0.3 is 4.74 Å². The van der Waals surface area contributed by atoms with Gasteiger partial charge in [-0.15, -0.1) is 0 Å². The minimum Gasteiger partial charge on any atom is -0.379 e. The monoisotopic (exact) mass is 342 g/mol. The molecule has 1 aromatic carbocycles. The molecule has 0 spiro atoms. The largest absolute Gasteiger partial charge is 0.379 e. The van der Waals surface area contributed by atoms with Crippen LogP contribution in [-0.4, -0.2) is 56.8 Å².